The molecule has 2 aromatic heterocycles. The minimum Gasteiger partial charge on any atom is -0.357 e. The fourth-order valence-corrected chi connectivity index (χ4v) is 3.61. The van der Waals surface area contributed by atoms with E-state index in [2.05, 4.69) is 20.6 Å². The monoisotopic (exact) mass is 383 g/mol. The Hall–Kier alpha value is -2.83. The highest BCUT2D eigenvalue weighted by molar-refractivity contribution is 5.92. The molecule has 0 aromatic carbocycles. The van der Waals surface area contributed by atoms with E-state index in [1.54, 1.807) is 24.7 Å². The largest absolute Gasteiger partial charge is 0.357 e. The molecule has 0 aliphatic carbocycles. The molecule has 0 spiro atoms. The molecule has 28 heavy (non-hydrogen) atoms. The molecule has 7 heteroatoms. The first-order chi connectivity index (χ1) is 13.7. The first-order valence-corrected chi connectivity index (χ1v) is 10.1. The maximum absolute atomic E-state index is 12.3. The summed E-state index contributed by atoms with van der Waals surface area (Å²) in [6, 6.07) is 7.10. The van der Waals surface area contributed by atoms with E-state index in [0.717, 1.165) is 38.8 Å². The normalized spacial score (nSPS) is 16.1. The van der Waals surface area contributed by atoms with Gasteiger partial charge >= 0.3 is 6.03 Å². The van der Waals surface area contributed by atoms with Crippen molar-refractivity contribution in [3.05, 3.63) is 48.5 Å². The number of aromatic amines is 1. The molecule has 1 atom stereocenters. The highest BCUT2D eigenvalue weighted by atomic mass is 16.2. The summed E-state index contributed by atoms with van der Waals surface area (Å²) in [5.74, 6) is 0.727. The molecular formula is C21H29N5O2. The zero-order chi connectivity index (χ0) is 19.6. The number of carbonyl (C=O) groups is 2. The number of urea groups is 1. The zero-order valence-electron chi connectivity index (χ0n) is 16.2. The summed E-state index contributed by atoms with van der Waals surface area (Å²) in [7, 11) is 0. The topological polar surface area (TPSA) is 90.1 Å². The van der Waals surface area contributed by atoms with Crippen LogP contribution in [0.5, 0.6) is 0 Å². The van der Waals surface area contributed by atoms with Crippen LogP contribution in [0.25, 0.3) is 0 Å². The van der Waals surface area contributed by atoms with E-state index in [0.29, 0.717) is 23.8 Å². The number of pyridine rings is 1. The summed E-state index contributed by atoms with van der Waals surface area (Å²) in [5, 5.41) is 5.63. The van der Waals surface area contributed by atoms with Gasteiger partial charge in [-0.15, -0.1) is 0 Å². The highest BCUT2D eigenvalue weighted by Crippen LogP contribution is 2.23. The van der Waals surface area contributed by atoms with Crippen molar-refractivity contribution < 1.29 is 9.59 Å². The third-order valence-electron chi connectivity index (χ3n) is 5.15. The zero-order valence-corrected chi connectivity index (χ0v) is 16.2. The summed E-state index contributed by atoms with van der Waals surface area (Å²) in [4.78, 5) is 33.0. The lowest BCUT2D eigenvalue weighted by Gasteiger charge is -2.15. The fourth-order valence-electron chi connectivity index (χ4n) is 3.61. The van der Waals surface area contributed by atoms with Crippen molar-refractivity contribution in [1.29, 1.82) is 0 Å². The van der Waals surface area contributed by atoms with Gasteiger partial charge in [0.25, 0.3) is 5.91 Å². The van der Waals surface area contributed by atoms with Crippen molar-refractivity contribution in [2.75, 3.05) is 25.0 Å². The van der Waals surface area contributed by atoms with Crippen LogP contribution >= 0.6 is 0 Å². The van der Waals surface area contributed by atoms with Crippen LogP contribution in [0.3, 0.4) is 0 Å². The molecule has 1 aliphatic rings. The summed E-state index contributed by atoms with van der Waals surface area (Å²) in [6.45, 7) is 2.40. The van der Waals surface area contributed by atoms with Gasteiger partial charge in [-0.2, -0.15) is 0 Å². The number of nitrogens with one attached hydrogen (secondary N) is 3. The lowest BCUT2D eigenvalue weighted by molar-refractivity contribution is 0.0781. The molecular weight excluding hydrogens is 354 g/mol. The smallest absolute Gasteiger partial charge is 0.319 e. The molecule has 1 fully saturated rings. The standard InChI is InChI=1S/C21H29N5O2/c27-20(19-9-6-13-23-19)26-14-10-17(16-26)7-3-1-2-4-12-24-21(28)25-18-8-5-11-22-15-18/h5-6,8-9,11,13,15,17,23H,1-4,7,10,12,14,16H2,(H2,24,25,28). The number of aromatic nitrogens is 2. The molecule has 150 valence electrons. The minimum absolute atomic E-state index is 0.114. The van der Waals surface area contributed by atoms with E-state index in [4.69, 9.17) is 0 Å². The lowest BCUT2D eigenvalue weighted by Crippen LogP contribution is -2.29. The predicted molar refractivity (Wildman–Crippen MR) is 109 cm³/mol. The average Bonchev–Trinajstić information content (AvgIpc) is 3.40. The van der Waals surface area contributed by atoms with E-state index in [-0.39, 0.29) is 11.9 Å². The molecule has 2 aromatic rings. The summed E-state index contributed by atoms with van der Waals surface area (Å²) in [5.41, 5.74) is 1.38. The van der Waals surface area contributed by atoms with E-state index in [1.165, 1.54) is 12.8 Å². The molecule has 3 N–H and O–H groups in total. The number of anilines is 1. The Labute approximate surface area is 165 Å². The van der Waals surface area contributed by atoms with E-state index in [1.807, 2.05) is 23.1 Å². The molecule has 1 saturated heterocycles. The second-order valence-electron chi connectivity index (χ2n) is 7.32. The second kappa shape index (κ2) is 10.5. The Morgan fingerprint density at radius 3 is 2.86 bits per heavy atom. The van der Waals surface area contributed by atoms with Gasteiger partial charge in [-0.1, -0.05) is 19.3 Å². The molecule has 0 radical (unpaired) electrons. The van der Waals surface area contributed by atoms with E-state index in [9.17, 15) is 9.59 Å². The van der Waals surface area contributed by atoms with Crippen molar-refractivity contribution in [3.8, 4) is 0 Å². The Morgan fingerprint density at radius 2 is 2.07 bits per heavy atom. The Morgan fingerprint density at radius 1 is 1.18 bits per heavy atom. The number of unbranched alkanes of at least 4 members (excludes halogenated alkanes) is 3. The quantitative estimate of drug-likeness (QED) is 0.578. The summed E-state index contributed by atoms with van der Waals surface area (Å²) < 4.78 is 0. The first-order valence-electron chi connectivity index (χ1n) is 10.1. The number of hydrogen-bond donors (Lipinski definition) is 3. The molecule has 0 saturated carbocycles. The van der Waals surface area contributed by atoms with Gasteiger partial charge in [0, 0.05) is 32.0 Å². The van der Waals surface area contributed by atoms with E-state index < -0.39 is 0 Å². The molecule has 3 amide bonds. The Bertz CT molecular complexity index is 733. The summed E-state index contributed by atoms with van der Waals surface area (Å²) >= 11 is 0. The van der Waals surface area contributed by atoms with Crippen LogP contribution in [0.4, 0.5) is 10.5 Å². The molecule has 1 unspecified atom stereocenters. The van der Waals surface area contributed by atoms with Gasteiger partial charge in [0.2, 0.25) is 0 Å². The fraction of sp³-hybridized carbons (Fsp3) is 0.476. The number of likely N-dealkylation sites (tertiary alicyclic amines) is 1. The van der Waals surface area contributed by atoms with Crippen molar-refractivity contribution in [1.82, 2.24) is 20.2 Å². The Balaban J connectivity index is 1.20. The third-order valence-corrected chi connectivity index (χ3v) is 5.15. The first kappa shape index (κ1) is 19.9. The number of carbonyl (C=O) groups excluding carboxylic acids is 2. The summed E-state index contributed by atoms with van der Waals surface area (Å²) in [6.07, 6.45) is 11.8. The Kier molecular flexibility index (Phi) is 7.46. The van der Waals surface area contributed by atoms with Crippen LogP contribution in [-0.2, 0) is 0 Å². The van der Waals surface area contributed by atoms with Gasteiger partial charge in [0.05, 0.1) is 11.9 Å². The van der Waals surface area contributed by atoms with Crippen LogP contribution in [0.1, 0.15) is 49.0 Å². The SMILES string of the molecule is O=C(NCCCCCCC1CCN(C(=O)c2ccc[nH]2)C1)Nc1cccnc1. The van der Waals surface area contributed by atoms with Gasteiger partial charge in [-0.25, -0.2) is 4.79 Å². The van der Waals surface area contributed by atoms with Gasteiger partial charge in [-0.3, -0.25) is 9.78 Å². The molecule has 1 aliphatic heterocycles. The molecule has 3 rings (SSSR count). The number of hydrogen-bond acceptors (Lipinski definition) is 3. The van der Waals surface area contributed by atoms with Crippen molar-refractivity contribution in [3.63, 3.8) is 0 Å². The van der Waals surface area contributed by atoms with Crippen LogP contribution < -0.4 is 10.6 Å². The van der Waals surface area contributed by atoms with Crippen LogP contribution in [0, 0.1) is 5.92 Å². The third kappa shape index (κ3) is 6.11. The highest BCUT2D eigenvalue weighted by Gasteiger charge is 2.26. The van der Waals surface area contributed by atoms with Crippen molar-refractivity contribution in [2.45, 2.75) is 38.5 Å². The van der Waals surface area contributed by atoms with Crippen molar-refractivity contribution in [2.24, 2.45) is 5.92 Å². The number of amides is 3. The van der Waals surface area contributed by atoms with Gasteiger partial charge in [0.1, 0.15) is 5.69 Å². The lowest BCUT2D eigenvalue weighted by atomic mass is 10.00. The van der Waals surface area contributed by atoms with Gasteiger partial charge < -0.3 is 20.5 Å². The van der Waals surface area contributed by atoms with Crippen LogP contribution in [-0.4, -0.2) is 46.4 Å². The molecule has 0 bridgehead atoms. The van der Waals surface area contributed by atoms with Crippen molar-refractivity contribution >= 4 is 17.6 Å². The van der Waals surface area contributed by atoms with Gasteiger partial charge in [-0.05, 0) is 49.4 Å². The van der Waals surface area contributed by atoms with Crippen LogP contribution in [0.2, 0.25) is 0 Å². The maximum atomic E-state index is 12.3. The second-order valence-corrected chi connectivity index (χ2v) is 7.32. The minimum atomic E-state index is -0.189. The average molecular weight is 383 g/mol. The maximum Gasteiger partial charge on any atom is 0.319 e. The number of nitrogens with zero attached hydrogens (tertiary/aromatic N) is 2. The molecule has 7 nitrogen and oxygen atoms in total. The van der Waals surface area contributed by atoms with Crippen LogP contribution in [0.15, 0.2) is 42.9 Å². The van der Waals surface area contributed by atoms with Gasteiger partial charge in [0.15, 0.2) is 0 Å². The molecule has 3 heterocycles. The number of H-pyrrole nitrogens is 1. The predicted octanol–water partition coefficient (Wildman–Crippen LogP) is 3.64. The number of rotatable bonds is 9. The van der Waals surface area contributed by atoms with E-state index >= 15 is 0 Å².